The van der Waals surface area contributed by atoms with E-state index in [4.69, 9.17) is 10.00 Å². The molecule has 0 aliphatic heterocycles. The summed E-state index contributed by atoms with van der Waals surface area (Å²) in [5.74, 6) is 0.491. The van der Waals surface area contributed by atoms with Gasteiger partial charge in [0.15, 0.2) is 5.69 Å². The Balaban J connectivity index is 2.23. The Labute approximate surface area is 89.9 Å². The summed E-state index contributed by atoms with van der Waals surface area (Å²) >= 11 is 0. The van der Waals surface area contributed by atoms with E-state index in [9.17, 15) is 0 Å². The van der Waals surface area contributed by atoms with Crippen LogP contribution in [0.1, 0.15) is 38.3 Å². The largest absolute Gasteiger partial charge is 0.477 e. The number of hydrogen-bond acceptors (Lipinski definition) is 4. The van der Waals surface area contributed by atoms with Gasteiger partial charge in [-0.05, 0) is 6.42 Å². The standard InChI is InChI=1S/C11H15N3O/c1-2-3-4-5-6-15-11-9-13-10(7-12)8-14-11/h8-9H,2-6H2,1H3. The van der Waals surface area contributed by atoms with E-state index in [1.165, 1.54) is 31.7 Å². The highest BCUT2D eigenvalue weighted by Crippen LogP contribution is 2.05. The minimum atomic E-state index is 0.313. The fourth-order valence-corrected chi connectivity index (χ4v) is 1.15. The van der Waals surface area contributed by atoms with Crippen molar-refractivity contribution in [2.24, 2.45) is 0 Å². The molecule has 1 aromatic heterocycles. The molecule has 0 spiro atoms. The molecule has 0 bridgehead atoms. The Morgan fingerprint density at radius 2 is 2.13 bits per heavy atom. The molecule has 1 aromatic rings. The van der Waals surface area contributed by atoms with Gasteiger partial charge in [-0.1, -0.05) is 26.2 Å². The first-order valence-electron chi connectivity index (χ1n) is 5.21. The first-order valence-corrected chi connectivity index (χ1v) is 5.21. The normalized spacial score (nSPS) is 9.60. The van der Waals surface area contributed by atoms with Crippen LogP contribution in [0.3, 0.4) is 0 Å². The van der Waals surface area contributed by atoms with Gasteiger partial charge in [-0.3, -0.25) is 0 Å². The summed E-state index contributed by atoms with van der Waals surface area (Å²) in [6.07, 6.45) is 7.58. The number of ether oxygens (including phenoxy) is 1. The molecule has 0 fully saturated rings. The summed E-state index contributed by atoms with van der Waals surface area (Å²) in [6.45, 7) is 2.84. The van der Waals surface area contributed by atoms with Crippen LogP contribution in [0.4, 0.5) is 0 Å². The zero-order valence-corrected chi connectivity index (χ0v) is 8.94. The average molecular weight is 205 g/mol. The van der Waals surface area contributed by atoms with Crippen molar-refractivity contribution in [2.45, 2.75) is 32.6 Å². The molecular weight excluding hydrogens is 190 g/mol. The molecule has 1 heterocycles. The molecule has 15 heavy (non-hydrogen) atoms. The molecule has 4 nitrogen and oxygen atoms in total. The van der Waals surface area contributed by atoms with Gasteiger partial charge < -0.3 is 4.74 Å². The minimum absolute atomic E-state index is 0.313. The van der Waals surface area contributed by atoms with E-state index in [0.717, 1.165) is 6.42 Å². The minimum Gasteiger partial charge on any atom is -0.477 e. The van der Waals surface area contributed by atoms with Crippen molar-refractivity contribution in [3.8, 4) is 11.9 Å². The van der Waals surface area contributed by atoms with Gasteiger partial charge in [-0.2, -0.15) is 5.26 Å². The highest BCUT2D eigenvalue weighted by molar-refractivity contribution is 5.18. The van der Waals surface area contributed by atoms with Crippen LogP contribution in [-0.2, 0) is 0 Å². The van der Waals surface area contributed by atoms with Gasteiger partial charge in [0, 0.05) is 0 Å². The van der Waals surface area contributed by atoms with Crippen LogP contribution < -0.4 is 4.74 Å². The van der Waals surface area contributed by atoms with Crippen LogP contribution in [0.5, 0.6) is 5.88 Å². The summed E-state index contributed by atoms with van der Waals surface area (Å²) in [5.41, 5.74) is 0.313. The van der Waals surface area contributed by atoms with Gasteiger partial charge in [0.05, 0.1) is 19.0 Å². The van der Waals surface area contributed by atoms with Crippen molar-refractivity contribution >= 4 is 0 Å². The van der Waals surface area contributed by atoms with Gasteiger partial charge in [-0.25, -0.2) is 9.97 Å². The van der Waals surface area contributed by atoms with Crippen LogP contribution in [0.2, 0.25) is 0 Å². The number of aromatic nitrogens is 2. The van der Waals surface area contributed by atoms with Crippen molar-refractivity contribution < 1.29 is 4.74 Å². The van der Waals surface area contributed by atoms with Crippen LogP contribution in [0.25, 0.3) is 0 Å². The third-order valence-electron chi connectivity index (χ3n) is 1.99. The molecular formula is C11H15N3O. The van der Waals surface area contributed by atoms with E-state index in [1.54, 1.807) is 0 Å². The van der Waals surface area contributed by atoms with Crippen LogP contribution in [0.15, 0.2) is 12.4 Å². The molecule has 80 valence electrons. The lowest BCUT2D eigenvalue weighted by Gasteiger charge is -2.03. The Hall–Kier alpha value is -1.63. The van der Waals surface area contributed by atoms with Gasteiger partial charge in [-0.15, -0.1) is 0 Å². The van der Waals surface area contributed by atoms with Gasteiger partial charge >= 0.3 is 0 Å². The quantitative estimate of drug-likeness (QED) is 0.668. The van der Waals surface area contributed by atoms with Crippen molar-refractivity contribution in [3.63, 3.8) is 0 Å². The molecule has 0 atom stereocenters. The zero-order chi connectivity index (χ0) is 10.9. The summed E-state index contributed by atoms with van der Waals surface area (Å²) < 4.78 is 5.37. The predicted molar refractivity (Wildman–Crippen MR) is 56.4 cm³/mol. The molecule has 0 saturated heterocycles. The number of nitriles is 1. The summed E-state index contributed by atoms with van der Waals surface area (Å²) in [4.78, 5) is 7.82. The molecule has 0 aliphatic rings. The first-order chi connectivity index (χ1) is 7.36. The monoisotopic (exact) mass is 205 g/mol. The van der Waals surface area contributed by atoms with Crippen molar-refractivity contribution in [3.05, 3.63) is 18.1 Å². The highest BCUT2D eigenvalue weighted by Gasteiger charge is 1.96. The molecule has 0 aromatic carbocycles. The fourth-order valence-electron chi connectivity index (χ4n) is 1.15. The number of nitrogens with zero attached hydrogens (tertiary/aromatic N) is 3. The smallest absolute Gasteiger partial charge is 0.232 e. The maximum absolute atomic E-state index is 8.51. The number of hydrogen-bond donors (Lipinski definition) is 0. The van der Waals surface area contributed by atoms with Crippen molar-refractivity contribution in [1.29, 1.82) is 5.26 Å². The zero-order valence-electron chi connectivity index (χ0n) is 8.94. The van der Waals surface area contributed by atoms with E-state index in [-0.39, 0.29) is 0 Å². The van der Waals surface area contributed by atoms with Crippen molar-refractivity contribution in [2.75, 3.05) is 6.61 Å². The third kappa shape index (κ3) is 4.41. The maximum Gasteiger partial charge on any atom is 0.232 e. The summed E-state index contributed by atoms with van der Waals surface area (Å²) in [6, 6.07) is 1.91. The second kappa shape index (κ2) is 6.77. The Morgan fingerprint density at radius 1 is 1.27 bits per heavy atom. The summed E-state index contributed by atoms with van der Waals surface area (Å²) in [5, 5.41) is 8.51. The Bertz CT molecular complexity index is 316. The molecule has 0 aliphatic carbocycles. The Morgan fingerprint density at radius 3 is 2.73 bits per heavy atom. The SMILES string of the molecule is CCCCCCOc1cnc(C#N)cn1. The molecule has 0 N–H and O–H groups in total. The number of unbranched alkanes of at least 4 members (excludes halogenated alkanes) is 3. The van der Waals surface area contributed by atoms with Gasteiger partial charge in [0.2, 0.25) is 5.88 Å². The molecule has 0 unspecified atom stereocenters. The lowest BCUT2D eigenvalue weighted by atomic mass is 10.2. The van der Waals surface area contributed by atoms with E-state index < -0.39 is 0 Å². The van der Waals surface area contributed by atoms with E-state index >= 15 is 0 Å². The first kappa shape index (κ1) is 11.4. The predicted octanol–water partition coefficient (Wildman–Crippen LogP) is 2.31. The van der Waals surface area contributed by atoms with Crippen LogP contribution in [0, 0.1) is 11.3 Å². The topological polar surface area (TPSA) is 58.8 Å². The highest BCUT2D eigenvalue weighted by atomic mass is 16.5. The molecule has 1 rings (SSSR count). The van der Waals surface area contributed by atoms with Gasteiger partial charge in [0.1, 0.15) is 6.07 Å². The second-order valence-electron chi connectivity index (χ2n) is 3.26. The van der Waals surface area contributed by atoms with Crippen LogP contribution in [-0.4, -0.2) is 16.6 Å². The van der Waals surface area contributed by atoms with E-state index in [2.05, 4.69) is 16.9 Å². The summed E-state index contributed by atoms with van der Waals surface area (Å²) in [7, 11) is 0. The lowest BCUT2D eigenvalue weighted by molar-refractivity contribution is 0.292. The van der Waals surface area contributed by atoms with E-state index in [0.29, 0.717) is 18.2 Å². The molecule has 0 radical (unpaired) electrons. The Kier molecular flexibility index (Phi) is 5.16. The third-order valence-corrected chi connectivity index (χ3v) is 1.99. The average Bonchev–Trinajstić information content (AvgIpc) is 2.30. The molecule has 0 amide bonds. The van der Waals surface area contributed by atoms with Crippen molar-refractivity contribution in [1.82, 2.24) is 9.97 Å². The van der Waals surface area contributed by atoms with Gasteiger partial charge in [0.25, 0.3) is 0 Å². The lowest BCUT2D eigenvalue weighted by Crippen LogP contribution is -1.99. The second-order valence-corrected chi connectivity index (χ2v) is 3.26. The molecule has 0 saturated carbocycles. The van der Waals surface area contributed by atoms with E-state index in [1.807, 2.05) is 6.07 Å². The number of rotatable bonds is 6. The molecule has 4 heteroatoms. The maximum atomic E-state index is 8.51. The van der Waals surface area contributed by atoms with Crippen LogP contribution >= 0.6 is 0 Å². The fraction of sp³-hybridized carbons (Fsp3) is 0.545.